The molecule has 0 saturated carbocycles. The molecule has 1 aliphatic heterocycles. The molecule has 0 spiro atoms. The van der Waals surface area contributed by atoms with E-state index in [1.165, 1.54) is 11.3 Å². The third-order valence-electron chi connectivity index (χ3n) is 4.09. The van der Waals surface area contributed by atoms with Crippen LogP contribution in [-0.2, 0) is 0 Å². The number of aryl methyl sites for hydroxylation is 1. The minimum atomic E-state index is 0.122. The van der Waals surface area contributed by atoms with Crippen LogP contribution in [0, 0.1) is 6.92 Å². The van der Waals surface area contributed by atoms with Crippen molar-refractivity contribution in [3.8, 4) is 0 Å². The SMILES string of the molecule is Cc1cc(N2CCN(C(=O)c3cccs3)CC2)nc2nncn12. The van der Waals surface area contributed by atoms with Crippen LogP contribution in [0.25, 0.3) is 5.78 Å². The highest BCUT2D eigenvalue weighted by atomic mass is 32.1. The fourth-order valence-corrected chi connectivity index (χ4v) is 3.49. The molecule has 118 valence electrons. The van der Waals surface area contributed by atoms with Crippen LogP contribution >= 0.6 is 11.3 Å². The molecule has 1 aliphatic rings. The molecular weight excluding hydrogens is 312 g/mol. The number of fused-ring (bicyclic) bond motifs is 1. The molecule has 3 aromatic heterocycles. The lowest BCUT2D eigenvalue weighted by atomic mass is 10.2. The molecule has 0 aromatic carbocycles. The fourth-order valence-electron chi connectivity index (χ4n) is 2.80. The van der Waals surface area contributed by atoms with E-state index in [1.807, 2.05) is 39.8 Å². The minimum Gasteiger partial charge on any atom is -0.353 e. The zero-order valence-corrected chi connectivity index (χ0v) is 13.5. The van der Waals surface area contributed by atoms with Gasteiger partial charge in [0.05, 0.1) is 4.88 Å². The number of aromatic nitrogens is 4. The van der Waals surface area contributed by atoms with Gasteiger partial charge in [0.15, 0.2) is 0 Å². The van der Waals surface area contributed by atoms with Crippen molar-refractivity contribution in [2.45, 2.75) is 6.92 Å². The van der Waals surface area contributed by atoms with Crippen molar-refractivity contribution in [1.82, 2.24) is 24.5 Å². The molecule has 1 fully saturated rings. The molecule has 23 heavy (non-hydrogen) atoms. The summed E-state index contributed by atoms with van der Waals surface area (Å²) in [6.45, 7) is 4.96. The summed E-state index contributed by atoms with van der Waals surface area (Å²) in [4.78, 5) is 21.8. The predicted molar refractivity (Wildman–Crippen MR) is 88.0 cm³/mol. The fraction of sp³-hybridized carbons (Fsp3) is 0.333. The largest absolute Gasteiger partial charge is 0.353 e. The van der Waals surface area contributed by atoms with Gasteiger partial charge in [-0.05, 0) is 18.4 Å². The Labute approximate surface area is 137 Å². The number of hydrogen-bond donors (Lipinski definition) is 0. The van der Waals surface area contributed by atoms with Crippen LogP contribution in [0.15, 0.2) is 29.9 Å². The second-order valence-corrected chi connectivity index (χ2v) is 6.46. The van der Waals surface area contributed by atoms with Crippen LogP contribution in [0.1, 0.15) is 15.4 Å². The van der Waals surface area contributed by atoms with Gasteiger partial charge in [-0.3, -0.25) is 9.20 Å². The Bertz CT molecular complexity index is 835. The summed E-state index contributed by atoms with van der Waals surface area (Å²) in [5, 5.41) is 9.85. The Kier molecular flexibility index (Phi) is 3.45. The number of piperazine rings is 1. The lowest BCUT2D eigenvalue weighted by molar-refractivity contribution is 0.0751. The zero-order valence-electron chi connectivity index (χ0n) is 12.7. The van der Waals surface area contributed by atoms with E-state index in [-0.39, 0.29) is 5.91 Å². The number of thiophene rings is 1. The van der Waals surface area contributed by atoms with Crippen molar-refractivity contribution in [3.05, 3.63) is 40.5 Å². The molecule has 0 unspecified atom stereocenters. The summed E-state index contributed by atoms with van der Waals surface area (Å²) < 4.78 is 1.86. The van der Waals surface area contributed by atoms with Crippen LogP contribution in [0.5, 0.6) is 0 Å². The summed E-state index contributed by atoms with van der Waals surface area (Å²) in [6, 6.07) is 5.82. The Morgan fingerprint density at radius 2 is 2.09 bits per heavy atom. The highest BCUT2D eigenvalue weighted by molar-refractivity contribution is 7.12. The van der Waals surface area contributed by atoms with Crippen LogP contribution in [0.4, 0.5) is 5.82 Å². The maximum absolute atomic E-state index is 12.4. The van der Waals surface area contributed by atoms with Crippen LogP contribution in [-0.4, -0.2) is 56.6 Å². The van der Waals surface area contributed by atoms with E-state index in [9.17, 15) is 4.79 Å². The third-order valence-corrected chi connectivity index (χ3v) is 4.94. The van der Waals surface area contributed by atoms with Crippen molar-refractivity contribution in [3.63, 3.8) is 0 Å². The van der Waals surface area contributed by atoms with Gasteiger partial charge in [-0.25, -0.2) is 0 Å². The van der Waals surface area contributed by atoms with Gasteiger partial charge in [0, 0.05) is 37.9 Å². The van der Waals surface area contributed by atoms with Crippen LogP contribution in [0.2, 0.25) is 0 Å². The van der Waals surface area contributed by atoms with Gasteiger partial charge in [0.25, 0.3) is 11.7 Å². The molecule has 0 atom stereocenters. The Hall–Kier alpha value is -2.48. The minimum absolute atomic E-state index is 0.122. The Morgan fingerprint density at radius 3 is 2.83 bits per heavy atom. The standard InChI is InChI=1S/C15H16N6OS/c1-11-9-13(17-15-18-16-10-21(11)15)19-4-6-20(7-5-19)14(22)12-3-2-8-23-12/h2-3,8-10H,4-7H2,1H3. The van der Waals surface area contributed by atoms with Gasteiger partial charge in [0.1, 0.15) is 12.1 Å². The van der Waals surface area contributed by atoms with E-state index in [4.69, 9.17) is 0 Å². The van der Waals surface area contributed by atoms with Crippen LogP contribution < -0.4 is 4.90 Å². The number of nitrogens with zero attached hydrogens (tertiary/aromatic N) is 6. The first-order valence-corrected chi connectivity index (χ1v) is 8.35. The summed E-state index contributed by atoms with van der Waals surface area (Å²) in [5.74, 6) is 1.63. The van der Waals surface area contributed by atoms with Gasteiger partial charge in [-0.15, -0.1) is 21.5 Å². The molecule has 1 saturated heterocycles. The second kappa shape index (κ2) is 5.62. The summed E-state index contributed by atoms with van der Waals surface area (Å²) in [7, 11) is 0. The zero-order chi connectivity index (χ0) is 15.8. The second-order valence-electron chi connectivity index (χ2n) is 5.51. The average molecular weight is 328 g/mol. The van der Waals surface area contributed by atoms with Gasteiger partial charge in [-0.1, -0.05) is 6.07 Å². The van der Waals surface area contributed by atoms with Gasteiger partial charge < -0.3 is 9.80 Å². The smallest absolute Gasteiger partial charge is 0.264 e. The first kappa shape index (κ1) is 14.1. The molecular formula is C15H16N6OS. The maximum Gasteiger partial charge on any atom is 0.264 e. The first-order chi connectivity index (χ1) is 11.2. The maximum atomic E-state index is 12.4. The summed E-state index contributed by atoms with van der Waals surface area (Å²) in [5.41, 5.74) is 1.05. The molecule has 0 N–H and O–H groups in total. The quantitative estimate of drug-likeness (QED) is 0.712. The molecule has 3 aromatic rings. The summed E-state index contributed by atoms with van der Waals surface area (Å²) in [6.07, 6.45) is 1.67. The molecule has 4 rings (SSSR count). The predicted octanol–water partition coefficient (Wildman–Crippen LogP) is 1.46. The van der Waals surface area contributed by atoms with Crippen molar-refractivity contribution < 1.29 is 4.79 Å². The van der Waals surface area contributed by atoms with E-state index in [2.05, 4.69) is 20.1 Å². The average Bonchev–Trinajstić information content (AvgIpc) is 3.26. The molecule has 1 amide bonds. The van der Waals surface area contributed by atoms with E-state index in [0.717, 1.165) is 29.5 Å². The third kappa shape index (κ3) is 2.55. The molecule has 8 heteroatoms. The highest BCUT2D eigenvalue weighted by Crippen LogP contribution is 2.18. The molecule has 7 nitrogen and oxygen atoms in total. The number of hydrogen-bond acceptors (Lipinski definition) is 6. The molecule has 0 bridgehead atoms. The van der Waals surface area contributed by atoms with Crippen molar-refractivity contribution in [2.75, 3.05) is 31.1 Å². The topological polar surface area (TPSA) is 66.6 Å². The van der Waals surface area contributed by atoms with E-state index in [1.54, 1.807) is 6.33 Å². The van der Waals surface area contributed by atoms with E-state index >= 15 is 0 Å². The first-order valence-electron chi connectivity index (χ1n) is 7.47. The van der Waals surface area contributed by atoms with Crippen molar-refractivity contribution in [1.29, 1.82) is 0 Å². The van der Waals surface area contributed by atoms with Crippen LogP contribution in [0.3, 0.4) is 0 Å². The Balaban J connectivity index is 1.49. The number of carbonyl (C=O) groups excluding carboxylic acids is 1. The number of rotatable bonds is 2. The van der Waals surface area contributed by atoms with Crippen molar-refractivity contribution >= 4 is 28.8 Å². The molecule has 4 heterocycles. The van der Waals surface area contributed by atoms with Gasteiger partial charge >= 0.3 is 0 Å². The number of anilines is 1. The van der Waals surface area contributed by atoms with Crippen molar-refractivity contribution in [2.24, 2.45) is 0 Å². The molecule has 0 aliphatic carbocycles. The summed E-state index contributed by atoms with van der Waals surface area (Å²) >= 11 is 1.49. The van der Waals surface area contributed by atoms with Gasteiger partial charge in [0.2, 0.25) is 0 Å². The lowest BCUT2D eigenvalue weighted by Gasteiger charge is -2.35. The monoisotopic (exact) mass is 328 g/mol. The number of amides is 1. The normalized spacial score (nSPS) is 15.3. The van der Waals surface area contributed by atoms with E-state index < -0.39 is 0 Å². The molecule has 0 radical (unpaired) electrons. The highest BCUT2D eigenvalue weighted by Gasteiger charge is 2.23. The van der Waals surface area contributed by atoms with E-state index in [0.29, 0.717) is 18.9 Å². The van der Waals surface area contributed by atoms with Gasteiger partial charge in [-0.2, -0.15) is 4.98 Å². The number of carbonyl (C=O) groups is 1. The lowest BCUT2D eigenvalue weighted by Crippen LogP contribution is -2.49. The Morgan fingerprint density at radius 1 is 1.26 bits per heavy atom.